The van der Waals surface area contributed by atoms with Gasteiger partial charge in [-0.2, -0.15) is 0 Å². The molecule has 0 amide bonds. The van der Waals surface area contributed by atoms with Crippen molar-refractivity contribution in [3.05, 3.63) is 0 Å². The maximum Gasteiger partial charge on any atom is 0.0477 e. The smallest absolute Gasteiger partial charge is 0.0477 e. The van der Waals surface area contributed by atoms with Gasteiger partial charge in [-0.15, -0.1) is 0 Å². The SMILES string of the molecule is CCNC(C)C1CCCCN1C(C)CCOC. The fourth-order valence-corrected chi connectivity index (χ4v) is 2.98. The van der Waals surface area contributed by atoms with Crippen LogP contribution in [0.25, 0.3) is 0 Å². The van der Waals surface area contributed by atoms with Crippen LogP contribution in [0.1, 0.15) is 46.5 Å². The summed E-state index contributed by atoms with van der Waals surface area (Å²) < 4.78 is 5.20. The molecule has 0 aliphatic carbocycles. The van der Waals surface area contributed by atoms with Crippen molar-refractivity contribution in [1.82, 2.24) is 10.2 Å². The fourth-order valence-electron chi connectivity index (χ4n) is 2.98. The summed E-state index contributed by atoms with van der Waals surface area (Å²) in [6.07, 6.45) is 5.22. The van der Waals surface area contributed by atoms with Crippen LogP contribution in [0.5, 0.6) is 0 Å². The number of piperidine rings is 1. The van der Waals surface area contributed by atoms with Gasteiger partial charge in [0.05, 0.1) is 0 Å². The van der Waals surface area contributed by atoms with Crippen LogP contribution in [0, 0.1) is 0 Å². The van der Waals surface area contributed by atoms with E-state index < -0.39 is 0 Å². The molecule has 0 aromatic heterocycles. The number of likely N-dealkylation sites (N-methyl/N-ethyl adjacent to an activating group) is 1. The van der Waals surface area contributed by atoms with Crippen LogP contribution in [0.2, 0.25) is 0 Å². The molecule has 1 heterocycles. The van der Waals surface area contributed by atoms with Crippen molar-refractivity contribution in [2.45, 2.75) is 64.6 Å². The molecule has 3 nitrogen and oxygen atoms in total. The van der Waals surface area contributed by atoms with Crippen molar-refractivity contribution in [2.75, 3.05) is 26.8 Å². The van der Waals surface area contributed by atoms with Crippen molar-refractivity contribution >= 4 is 0 Å². The lowest BCUT2D eigenvalue weighted by molar-refractivity contribution is 0.0614. The van der Waals surface area contributed by atoms with Crippen molar-refractivity contribution in [3.8, 4) is 0 Å². The zero-order chi connectivity index (χ0) is 12.7. The molecule has 0 saturated carbocycles. The Morgan fingerprint density at radius 2 is 2.12 bits per heavy atom. The molecular formula is C14H30N2O. The summed E-state index contributed by atoms with van der Waals surface area (Å²) in [7, 11) is 1.79. The molecule has 1 aliphatic heterocycles. The third-order valence-electron chi connectivity index (χ3n) is 4.00. The molecule has 1 rings (SSSR count). The lowest BCUT2D eigenvalue weighted by Crippen LogP contribution is -2.54. The molecule has 1 N–H and O–H groups in total. The van der Waals surface area contributed by atoms with Gasteiger partial charge >= 0.3 is 0 Å². The first-order valence-corrected chi connectivity index (χ1v) is 7.18. The second kappa shape index (κ2) is 8.06. The first-order valence-electron chi connectivity index (χ1n) is 7.18. The summed E-state index contributed by atoms with van der Waals surface area (Å²) in [6.45, 7) is 10.1. The molecule has 0 radical (unpaired) electrons. The summed E-state index contributed by atoms with van der Waals surface area (Å²) >= 11 is 0. The highest BCUT2D eigenvalue weighted by molar-refractivity contribution is 4.87. The van der Waals surface area contributed by atoms with E-state index in [9.17, 15) is 0 Å². The highest BCUT2D eigenvalue weighted by Crippen LogP contribution is 2.23. The average Bonchev–Trinajstić information content (AvgIpc) is 2.36. The van der Waals surface area contributed by atoms with Crippen molar-refractivity contribution < 1.29 is 4.74 Å². The Morgan fingerprint density at radius 3 is 2.76 bits per heavy atom. The number of likely N-dealkylation sites (tertiary alicyclic amines) is 1. The maximum atomic E-state index is 5.20. The Labute approximate surface area is 107 Å². The molecule has 0 aromatic carbocycles. The van der Waals surface area contributed by atoms with Crippen LogP contribution in [-0.4, -0.2) is 49.8 Å². The molecule has 3 unspecified atom stereocenters. The lowest BCUT2D eigenvalue weighted by Gasteiger charge is -2.43. The zero-order valence-electron chi connectivity index (χ0n) is 12.0. The van der Waals surface area contributed by atoms with Crippen molar-refractivity contribution in [2.24, 2.45) is 0 Å². The first-order chi connectivity index (χ1) is 8.20. The Morgan fingerprint density at radius 1 is 1.35 bits per heavy atom. The van der Waals surface area contributed by atoms with E-state index in [-0.39, 0.29) is 0 Å². The Balaban J connectivity index is 2.52. The van der Waals surface area contributed by atoms with Gasteiger partial charge in [0.1, 0.15) is 0 Å². The third kappa shape index (κ3) is 4.57. The van der Waals surface area contributed by atoms with Crippen molar-refractivity contribution in [3.63, 3.8) is 0 Å². The summed E-state index contributed by atoms with van der Waals surface area (Å²) in [5.41, 5.74) is 0. The summed E-state index contributed by atoms with van der Waals surface area (Å²) in [5, 5.41) is 3.58. The largest absolute Gasteiger partial charge is 0.385 e. The standard InChI is InChI=1S/C14H30N2O/c1-5-15-13(3)14-8-6-7-10-16(14)12(2)9-11-17-4/h12-15H,5-11H2,1-4H3. The van der Waals surface area contributed by atoms with Gasteiger partial charge in [-0.1, -0.05) is 13.3 Å². The van der Waals surface area contributed by atoms with Gasteiger partial charge in [-0.05, 0) is 46.2 Å². The third-order valence-corrected chi connectivity index (χ3v) is 4.00. The number of ether oxygens (including phenoxy) is 1. The molecule has 1 aliphatic rings. The van der Waals surface area contributed by atoms with Crippen LogP contribution in [0.4, 0.5) is 0 Å². The van der Waals surface area contributed by atoms with E-state index in [1.165, 1.54) is 25.8 Å². The van der Waals surface area contributed by atoms with Crippen LogP contribution in [-0.2, 0) is 4.74 Å². The van der Waals surface area contributed by atoms with E-state index in [1.54, 1.807) is 7.11 Å². The van der Waals surface area contributed by atoms with Gasteiger partial charge in [-0.3, -0.25) is 4.90 Å². The predicted molar refractivity (Wildman–Crippen MR) is 73.4 cm³/mol. The fraction of sp³-hybridized carbons (Fsp3) is 1.00. The highest BCUT2D eigenvalue weighted by atomic mass is 16.5. The molecule has 17 heavy (non-hydrogen) atoms. The molecule has 0 aromatic rings. The second-order valence-corrected chi connectivity index (χ2v) is 5.28. The normalized spacial score (nSPS) is 25.8. The van der Waals surface area contributed by atoms with E-state index >= 15 is 0 Å². The van der Waals surface area contributed by atoms with Crippen LogP contribution < -0.4 is 5.32 Å². The van der Waals surface area contributed by atoms with Crippen LogP contribution in [0.15, 0.2) is 0 Å². The van der Waals surface area contributed by atoms with E-state index in [2.05, 4.69) is 31.0 Å². The molecule has 102 valence electrons. The number of rotatable bonds is 7. The number of nitrogens with one attached hydrogen (secondary N) is 1. The number of hydrogen-bond donors (Lipinski definition) is 1. The number of nitrogens with zero attached hydrogens (tertiary/aromatic N) is 1. The quantitative estimate of drug-likeness (QED) is 0.741. The minimum atomic E-state index is 0.602. The van der Waals surface area contributed by atoms with Crippen LogP contribution in [0.3, 0.4) is 0 Å². The Kier molecular flexibility index (Phi) is 7.09. The van der Waals surface area contributed by atoms with Gasteiger partial charge in [0.25, 0.3) is 0 Å². The Hall–Kier alpha value is -0.120. The van der Waals surface area contributed by atoms with Crippen molar-refractivity contribution in [1.29, 1.82) is 0 Å². The second-order valence-electron chi connectivity index (χ2n) is 5.28. The molecule has 3 atom stereocenters. The molecule has 1 fully saturated rings. The molecule has 1 saturated heterocycles. The minimum Gasteiger partial charge on any atom is -0.385 e. The summed E-state index contributed by atoms with van der Waals surface area (Å²) in [5.74, 6) is 0. The topological polar surface area (TPSA) is 24.5 Å². The maximum absolute atomic E-state index is 5.20. The number of hydrogen-bond acceptors (Lipinski definition) is 3. The van der Waals surface area contributed by atoms with Gasteiger partial charge in [-0.25, -0.2) is 0 Å². The highest BCUT2D eigenvalue weighted by Gasteiger charge is 2.29. The van der Waals surface area contributed by atoms with Crippen LogP contribution >= 0.6 is 0 Å². The van der Waals surface area contributed by atoms with E-state index in [0.29, 0.717) is 18.1 Å². The lowest BCUT2D eigenvalue weighted by atomic mass is 9.94. The van der Waals surface area contributed by atoms with E-state index in [4.69, 9.17) is 4.74 Å². The molecule has 3 heteroatoms. The van der Waals surface area contributed by atoms with Gasteiger partial charge < -0.3 is 10.1 Å². The molecule has 0 spiro atoms. The summed E-state index contributed by atoms with van der Waals surface area (Å²) in [6, 6.07) is 1.95. The van der Waals surface area contributed by atoms with Gasteiger partial charge in [0.15, 0.2) is 0 Å². The molecular weight excluding hydrogens is 212 g/mol. The molecule has 0 bridgehead atoms. The minimum absolute atomic E-state index is 0.602. The van der Waals surface area contributed by atoms with E-state index in [1.807, 2.05) is 0 Å². The van der Waals surface area contributed by atoms with E-state index in [0.717, 1.165) is 19.6 Å². The van der Waals surface area contributed by atoms with Gasteiger partial charge in [0, 0.05) is 31.8 Å². The average molecular weight is 242 g/mol. The predicted octanol–water partition coefficient (Wildman–Crippen LogP) is 2.26. The Bertz CT molecular complexity index is 199. The summed E-state index contributed by atoms with van der Waals surface area (Å²) in [4.78, 5) is 2.69. The first kappa shape index (κ1) is 14.9. The van der Waals surface area contributed by atoms with Gasteiger partial charge in [0.2, 0.25) is 0 Å². The monoisotopic (exact) mass is 242 g/mol. The zero-order valence-corrected chi connectivity index (χ0v) is 12.0. The number of methoxy groups -OCH3 is 1.